The fourth-order valence-corrected chi connectivity index (χ4v) is 5.72. The van der Waals surface area contributed by atoms with Crippen LogP contribution in [0.25, 0.3) is 0 Å². The van der Waals surface area contributed by atoms with Crippen molar-refractivity contribution in [3.63, 3.8) is 0 Å². The van der Waals surface area contributed by atoms with Crippen molar-refractivity contribution in [3.8, 4) is 0 Å². The third kappa shape index (κ3) is 3.32. The molecule has 2 aliphatic heterocycles. The minimum atomic E-state index is -3.66. The van der Waals surface area contributed by atoms with Crippen molar-refractivity contribution in [2.45, 2.75) is 51.0 Å². The highest BCUT2D eigenvalue weighted by Crippen LogP contribution is 2.39. The van der Waals surface area contributed by atoms with E-state index in [1.807, 2.05) is 19.1 Å². The lowest BCUT2D eigenvalue weighted by molar-refractivity contribution is -0.142. The summed E-state index contributed by atoms with van der Waals surface area (Å²) in [4.78, 5) is 14.9. The Morgan fingerprint density at radius 2 is 2.08 bits per heavy atom. The first-order valence-electron chi connectivity index (χ1n) is 9.25. The molecule has 0 radical (unpaired) electrons. The number of allylic oxidation sites excluding steroid dienone is 1. The summed E-state index contributed by atoms with van der Waals surface area (Å²) in [7, 11) is -1.88. The van der Waals surface area contributed by atoms with Gasteiger partial charge >= 0.3 is 0 Å². The van der Waals surface area contributed by atoms with Crippen LogP contribution in [0.3, 0.4) is 0 Å². The van der Waals surface area contributed by atoms with Gasteiger partial charge in [0.1, 0.15) is 4.90 Å². The zero-order valence-electron chi connectivity index (χ0n) is 15.8. The predicted molar refractivity (Wildman–Crippen MR) is 99.1 cm³/mol. The summed E-state index contributed by atoms with van der Waals surface area (Å²) in [6.45, 7) is 5.71. The average molecular weight is 381 g/mol. The van der Waals surface area contributed by atoms with Gasteiger partial charge in [0.2, 0.25) is 15.9 Å². The van der Waals surface area contributed by atoms with Gasteiger partial charge < -0.3 is 4.90 Å². The molecule has 144 valence electrons. The van der Waals surface area contributed by atoms with Crippen LogP contribution < -0.4 is 0 Å². The molecule has 1 amide bonds. The van der Waals surface area contributed by atoms with Crippen LogP contribution in [0, 0.1) is 12.3 Å². The van der Waals surface area contributed by atoms with Crippen LogP contribution in [0.1, 0.15) is 38.3 Å². The summed E-state index contributed by atoms with van der Waals surface area (Å²) in [5.41, 5.74) is -0.136. The van der Waals surface area contributed by atoms with Gasteiger partial charge in [0.25, 0.3) is 0 Å². The van der Waals surface area contributed by atoms with E-state index in [2.05, 4.69) is 5.10 Å². The Bertz CT molecular complexity index is 814. The van der Waals surface area contributed by atoms with Gasteiger partial charge in [-0.05, 0) is 32.6 Å². The smallest absolute Gasteiger partial charge is 0.246 e. The van der Waals surface area contributed by atoms with Crippen LogP contribution in [-0.4, -0.2) is 60.0 Å². The van der Waals surface area contributed by atoms with Gasteiger partial charge in [-0.3, -0.25) is 9.48 Å². The molecular formula is C18H28N4O3S. The standard InChI is InChI=1S/C18H28N4O3S/c1-4-10-21-13-16(15(2)19-21)26(24,25)22-12-7-9-18(14-22)8-5-6-11-20(3)17(18)23/h5-6,13H,4,7-12,14H2,1-3H3. The Morgan fingerprint density at radius 1 is 1.31 bits per heavy atom. The Balaban J connectivity index is 1.91. The molecule has 0 aliphatic carbocycles. The van der Waals surface area contributed by atoms with Gasteiger partial charge in [-0.1, -0.05) is 19.1 Å². The summed E-state index contributed by atoms with van der Waals surface area (Å²) in [6, 6.07) is 0. The zero-order chi connectivity index (χ0) is 18.9. The molecule has 3 rings (SSSR count). The summed E-state index contributed by atoms with van der Waals surface area (Å²) in [5, 5.41) is 4.33. The van der Waals surface area contributed by atoms with Crippen molar-refractivity contribution >= 4 is 15.9 Å². The first-order valence-corrected chi connectivity index (χ1v) is 10.7. The van der Waals surface area contributed by atoms with E-state index in [1.54, 1.807) is 29.7 Å². The number of hydrogen-bond donors (Lipinski definition) is 0. The summed E-state index contributed by atoms with van der Waals surface area (Å²) in [5.74, 6) is 0.0424. The highest BCUT2D eigenvalue weighted by Gasteiger charge is 2.46. The molecule has 1 aromatic heterocycles. The van der Waals surface area contributed by atoms with Crippen LogP contribution in [0.2, 0.25) is 0 Å². The largest absolute Gasteiger partial charge is 0.342 e. The first-order chi connectivity index (χ1) is 12.3. The maximum atomic E-state index is 13.3. The summed E-state index contributed by atoms with van der Waals surface area (Å²) < 4.78 is 29.7. The van der Waals surface area contributed by atoms with Gasteiger partial charge in [-0.25, -0.2) is 8.42 Å². The highest BCUT2D eigenvalue weighted by molar-refractivity contribution is 7.89. The number of piperidine rings is 1. The minimum Gasteiger partial charge on any atom is -0.342 e. The molecule has 1 saturated heterocycles. The van der Waals surface area contributed by atoms with Crippen LogP contribution in [0.4, 0.5) is 0 Å². The quantitative estimate of drug-likeness (QED) is 0.747. The van der Waals surface area contributed by atoms with E-state index in [-0.39, 0.29) is 17.3 Å². The third-order valence-electron chi connectivity index (χ3n) is 5.37. The Morgan fingerprint density at radius 3 is 2.81 bits per heavy atom. The van der Waals surface area contributed by atoms with E-state index in [4.69, 9.17) is 0 Å². The molecular weight excluding hydrogens is 352 g/mol. The molecule has 1 atom stereocenters. The van der Waals surface area contributed by atoms with Crippen molar-refractivity contribution in [1.82, 2.24) is 19.0 Å². The third-order valence-corrected chi connectivity index (χ3v) is 7.32. The fourth-order valence-electron chi connectivity index (χ4n) is 3.99. The predicted octanol–water partition coefficient (Wildman–Crippen LogP) is 1.79. The van der Waals surface area contributed by atoms with Gasteiger partial charge in [0.15, 0.2) is 0 Å². The second-order valence-electron chi connectivity index (χ2n) is 7.43. The zero-order valence-corrected chi connectivity index (χ0v) is 16.6. The Labute approximate surface area is 155 Å². The van der Waals surface area contributed by atoms with Crippen LogP contribution in [0.5, 0.6) is 0 Å². The van der Waals surface area contributed by atoms with Crippen LogP contribution >= 0.6 is 0 Å². The topological polar surface area (TPSA) is 75.5 Å². The second-order valence-corrected chi connectivity index (χ2v) is 9.33. The minimum absolute atomic E-state index is 0.0424. The maximum absolute atomic E-state index is 13.3. The molecule has 3 heterocycles. The van der Waals surface area contributed by atoms with Crippen molar-refractivity contribution in [2.24, 2.45) is 5.41 Å². The second kappa shape index (κ2) is 7.15. The average Bonchev–Trinajstić information content (AvgIpc) is 2.93. The number of carbonyl (C=O) groups is 1. The van der Waals surface area contributed by atoms with E-state index in [9.17, 15) is 13.2 Å². The van der Waals surface area contributed by atoms with Crippen molar-refractivity contribution < 1.29 is 13.2 Å². The van der Waals surface area contributed by atoms with Crippen molar-refractivity contribution in [1.29, 1.82) is 0 Å². The van der Waals surface area contributed by atoms with Gasteiger partial charge in [0.05, 0.1) is 11.1 Å². The highest BCUT2D eigenvalue weighted by atomic mass is 32.2. The molecule has 1 spiro atoms. The number of aromatic nitrogens is 2. The van der Waals surface area contributed by atoms with E-state index in [0.29, 0.717) is 38.2 Å². The lowest BCUT2D eigenvalue weighted by atomic mass is 9.77. The number of aryl methyl sites for hydroxylation is 2. The van der Waals surface area contributed by atoms with Crippen LogP contribution in [0.15, 0.2) is 23.2 Å². The lowest BCUT2D eigenvalue weighted by Gasteiger charge is -2.41. The maximum Gasteiger partial charge on any atom is 0.246 e. The number of rotatable bonds is 4. The molecule has 0 aromatic carbocycles. The fraction of sp³-hybridized carbons (Fsp3) is 0.667. The van der Waals surface area contributed by atoms with E-state index >= 15 is 0 Å². The normalized spacial score (nSPS) is 25.0. The molecule has 26 heavy (non-hydrogen) atoms. The van der Waals surface area contributed by atoms with Crippen LogP contribution in [-0.2, 0) is 21.4 Å². The molecule has 0 N–H and O–H groups in total. The lowest BCUT2D eigenvalue weighted by Crippen LogP contribution is -2.53. The molecule has 2 aliphatic rings. The number of nitrogens with zero attached hydrogens (tertiary/aromatic N) is 4. The molecule has 0 saturated carbocycles. The van der Waals surface area contributed by atoms with Gasteiger partial charge in [-0.15, -0.1) is 0 Å². The summed E-state index contributed by atoms with van der Waals surface area (Å²) >= 11 is 0. The number of amides is 1. The molecule has 0 bridgehead atoms. The monoisotopic (exact) mass is 380 g/mol. The van der Waals surface area contributed by atoms with Gasteiger partial charge in [0, 0.05) is 39.4 Å². The SMILES string of the molecule is CCCn1cc(S(=O)(=O)N2CCCC3(CC=CCN(C)C3=O)C2)c(C)n1. The molecule has 1 aromatic rings. The van der Waals surface area contributed by atoms with E-state index in [1.165, 1.54) is 4.31 Å². The first kappa shape index (κ1) is 19.1. The van der Waals surface area contributed by atoms with Gasteiger partial charge in [-0.2, -0.15) is 9.40 Å². The molecule has 8 heteroatoms. The number of likely N-dealkylation sites (N-methyl/N-ethyl adjacent to an activating group) is 1. The van der Waals surface area contributed by atoms with E-state index in [0.717, 1.165) is 12.8 Å². The Kier molecular flexibility index (Phi) is 5.25. The molecule has 1 fully saturated rings. The van der Waals surface area contributed by atoms with Crippen molar-refractivity contribution in [3.05, 3.63) is 24.0 Å². The van der Waals surface area contributed by atoms with E-state index < -0.39 is 15.4 Å². The molecule has 7 nitrogen and oxygen atoms in total. The summed E-state index contributed by atoms with van der Waals surface area (Å²) in [6.07, 6.45) is 8.52. The number of hydrogen-bond acceptors (Lipinski definition) is 4. The number of carbonyl (C=O) groups excluding carboxylic acids is 1. The Hall–Kier alpha value is -1.67. The number of sulfonamides is 1. The molecule has 1 unspecified atom stereocenters. The van der Waals surface area contributed by atoms with Crippen molar-refractivity contribution in [2.75, 3.05) is 26.7 Å².